The van der Waals surface area contributed by atoms with Crippen LogP contribution < -0.4 is 5.32 Å². The Hall–Kier alpha value is -0.0500. The zero-order valence-corrected chi connectivity index (χ0v) is 9.93. The molecule has 13 heavy (non-hydrogen) atoms. The van der Waals surface area contributed by atoms with Crippen LogP contribution >= 0.6 is 15.9 Å². The van der Waals surface area contributed by atoms with Gasteiger partial charge < -0.3 is 5.32 Å². The molecule has 1 aliphatic rings. The number of halogens is 1. The normalized spacial score (nSPS) is 30.1. The summed E-state index contributed by atoms with van der Waals surface area (Å²) >= 11 is 3.41. The van der Waals surface area contributed by atoms with E-state index < -0.39 is 0 Å². The Bertz CT molecular complexity index is 182. The van der Waals surface area contributed by atoms with Crippen molar-refractivity contribution in [1.29, 1.82) is 0 Å². The Labute approximate surface area is 88.6 Å². The van der Waals surface area contributed by atoms with Crippen LogP contribution in [0.4, 0.5) is 0 Å². The van der Waals surface area contributed by atoms with Gasteiger partial charge in [-0.1, -0.05) is 36.2 Å². The molecule has 1 amide bonds. The number of hydrogen-bond donors (Lipinski definition) is 1. The second kappa shape index (κ2) is 4.99. The zero-order chi connectivity index (χ0) is 9.84. The Morgan fingerprint density at radius 1 is 1.62 bits per heavy atom. The lowest BCUT2D eigenvalue weighted by atomic mass is 9.97. The van der Waals surface area contributed by atoms with Gasteiger partial charge in [-0.25, -0.2) is 0 Å². The van der Waals surface area contributed by atoms with Crippen molar-refractivity contribution in [3.05, 3.63) is 0 Å². The topological polar surface area (TPSA) is 29.1 Å². The maximum absolute atomic E-state index is 11.6. The molecule has 0 aromatic carbocycles. The molecule has 2 nitrogen and oxygen atoms in total. The summed E-state index contributed by atoms with van der Waals surface area (Å²) in [7, 11) is 0. The third-order valence-electron chi connectivity index (χ3n) is 2.76. The molecule has 0 spiro atoms. The summed E-state index contributed by atoms with van der Waals surface area (Å²) in [5.74, 6) is 1.09. The molecule has 0 aromatic heterocycles. The van der Waals surface area contributed by atoms with Crippen LogP contribution in [0, 0.1) is 11.8 Å². The lowest BCUT2D eigenvalue weighted by Gasteiger charge is -2.15. The van der Waals surface area contributed by atoms with Gasteiger partial charge in [0.15, 0.2) is 0 Å². The first-order chi connectivity index (χ1) is 6.11. The molecule has 0 radical (unpaired) electrons. The number of amides is 1. The Morgan fingerprint density at radius 3 is 2.77 bits per heavy atom. The summed E-state index contributed by atoms with van der Waals surface area (Å²) in [6.07, 6.45) is 3.49. The molecule has 76 valence electrons. The summed E-state index contributed by atoms with van der Waals surface area (Å²) in [6, 6.07) is 0. The van der Waals surface area contributed by atoms with Crippen molar-refractivity contribution >= 4 is 21.8 Å². The average molecular weight is 248 g/mol. The summed E-state index contributed by atoms with van der Waals surface area (Å²) in [5, 5.41) is 2.97. The highest BCUT2D eigenvalue weighted by Crippen LogP contribution is 2.31. The van der Waals surface area contributed by atoms with Crippen LogP contribution in [0.1, 0.15) is 33.1 Å². The molecule has 0 heterocycles. The van der Waals surface area contributed by atoms with E-state index in [0.717, 1.165) is 13.0 Å². The number of rotatable bonds is 3. The third-order valence-corrected chi connectivity index (χ3v) is 3.08. The van der Waals surface area contributed by atoms with E-state index >= 15 is 0 Å². The summed E-state index contributed by atoms with van der Waals surface area (Å²) in [6.45, 7) is 4.95. The number of alkyl halides is 1. The highest BCUT2D eigenvalue weighted by Gasteiger charge is 2.29. The molecular weight excluding hydrogens is 230 g/mol. The van der Waals surface area contributed by atoms with Gasteiger partial charge in [0.25, 0.3) is 0 Å². The maximum atomic E-state index is 11.6. The summed E-state index contributed by atoms with van der Waals surface area (Å²) in [4.78, 5) is 12.0. The van der Waals surface area contributed by atoms with Crippen LogP contribution in [0.5, 0.6) is 0 Å². The fraction of sp³-hybridized carbons (Fsp3) is 0.900. The lowest BCUT2D eigenvalue weighted by molar-refractivity contribution is -0.125. The highest BCUT2D eigenvalue weighted by atomic mass is 79.9. The largest absolute Gasteiger partial charge is 0.355 e. The van der Waals surface area contributed by atoms with E-state index in [1.165, 1.54) is 12.8 Å². The van der Waals surface area contributed by atoms with Gasteiger partial charge in [0, 0.05) is 17.3 Å². The Kier molecular flexibility index (Phi) is 4.23. The minimum absolute atomic E-state index is 0.247. The summed E-state index contributed by atoms with van der Waals surface area (Å²) in [5.41, 5.74) is 0. The van der Waals surface area contributed by atoms with E-state index in [0.29, 0.717) is 10.7 Å². The van der Waals surface area contributed by atoms with E-state index in [4.69, 9.17) is 0 Å². The van der Waals surface area contributed by atoms with Gasteiger partial charge in [-0.05, 0) is 18.8 Å². The van der Waals surface area contributed by atoms with E-state index in [1.807, 2.05) is 6.92 Å². The number of nitrogens with one attached hydrogen (secondary N) is 1. The third kappa shape index (κ3) is 3.29. The predicted molar refractivity (Wildman–Crippen MR) is 57.9 cm³/mol. The molecule has 1 aliphatic carbocycles. The van der Waals surface area contributed by atoms with Crippen LogP contribution in [0.2, 0.25) is 0 Å². The van der Waals surface area contributed by atoms with Gasteiger partial charge >= 0.3 is 0 Å². The Balaban J connectivity index is 2.30. The SMILES string of the molecule is CC(Br)CNC(=O)C1CCCC1C. The molecule has 0 aliphatic heterocycles. The van der Waals surface area contributed by atoms with Crippen LogP contribution in [-0.2, 0) is 4.79 Å². The van der Waals surface area contributed by atoms with Crippen molar-refractivity contribution in [1.82, 2.24) is 5.32 Å². The van der Waals surface area contributed by atoms with E-state index in [-0.39, 0.29) is 11.8 Å². The van der Waals surface area contributed by atoms with E-state index in [2.05, 4.69) is 28.2 Å². The maximum Gasteiger partial charge on any atom is 0.223 e. The van der Waals surface area contributed by atoms with Gasteiger partial charge in [-0.3, -0.25) is 4.79 Å². The van der Waals surface area contributed by atoms with Gasteiger partial charge in [0.1, 0.15) is 0 Å². The van der Waals surface area contributed by atoms with Crippen molar-refractivity contribution in [2.24, 2.45) is 11.8 Å². The average Bonchev–Trinajstić information content (AvgIpc) is 2.47. The Morgan fingerprint density at radius 2 is 2.31 bits per heavy atom. The first-order valence-electron chi connectivity index (χ1n) is 5.03. The van der Waals surface area contributed by atoms with E-state index in [1.54, 1.807) is 0 Å². The first-order valence-corrected chi connectivity index (χ1v) is 5.94. The number of carbonyl (C=O) groups excluding carboxylic acids is 1. The molecule has 0 saturated heterocycles. The van der Waals surface area contributed by atoms with Crippen molar-refractivity contribution in [2.45, 2.75) is 37.9 Å². The fourth-order valence-electron chi connectivity index (χ4n) is 1.91. The van der Waals surface area contributed by atoms with Gasteiger partial charge in [0.2, 0.25) is 5.91 Å². The van der Waals surface area contributed by atoms with Gasteiger partial charge in [-0.2, -0.15) is 0 Å². The minimum Gasteiger partial charge on any atom is -0.355 e. The molecule has 0 aromatic rings. The smallest absolute Gasteiger partial charge is 0.223 e. The van der Waals surface area contributed by atoms with Crippen molar-refractivity contribution in [2.75, 3.05) is 6.54 Å². The molecule has 3 atom stereocenters. The van der Waals surface area contributed by atoms with E-state index in [9.17, 15) is 4.79 Å². The molecule has 3 heteroatoms. The fourth-order valence-corrected chi connectivity index (χ4v) is 2.07. The lowest BCUT2D eigenvalue weighted by Crippen LogP contribution is -2.34. The number of hydrogen-bond acceptors (Lipinski definition) is 1. The standard InChI is InChI=1S/C10H18BrNO/c1-7-4-3-5-9(7)10(13)12-6-8(2)11/h7-9H,3-6H2,1-2H3,(H,12,13). The monoisotopic (exact) mass is 247 g/mol. The second-order valence-electron chi connectivity index (χ2n) is 4.04. The molecule has 3 unspecified atom stereocenters. The first kappa shape index (κ1) is 11.0. The van der Waals surface area contributed by atoms with Crippen LogP contribution in [0.15, 0.2) is 0 Å². The zero-order valence-electron chi connectivity index (χ0n) is 8.35. The molecule has 1 fully saturated rings. The quantitative estimate of drug-likeness (QED) is 0.763. The predicted octanol–water partition coefficient (Wildman–Crippen LogP) is 2.32. The molecule has 1 rings (SSSR count). The van der Waals surface area contributed by atoms with Crippen LogP contribution in [0.3, 0.4) is 0 Å². The highest BCUT2D eigenvalue weighted by molar-refractivity contribution is 9.09. The molecular formula is C10H18BrNO. The van der Waals surface area contributed by atoms with Crippen LogP contribution in [0.25, 0.3) is 0 Å². The minimum atomic E-state index is 0.247. The van der Waals surface area contributed by atoms with Crippen molar-refractivity contribution in [3.63, 3.8) is 0 Å². The van der Waals surface area contributed by atoms with Gasteiger partial charge in [0.05, 0.1) is 0 Å². The van der Waals surface area contributed by atoms with Crippen molar-refractivity contribution in [3.8, 4) is 0 Å². The van der Waals surface area contributed by atoms with Crippen molar-refractivity contribution < 1.29 is 4.79 Å². The summed E-state index contributed by atoms with van der Waals surface area (Å²) < 4.78 is 0. The molecule has 1 saturated carbocycles. The van der Waals surface area contributed by atoms with Gasteiger partial charge in [-0.15, -0.1) is 0 Å². The molecule has 1 N–H and O–H groups in total. The van der Waals surface area contributed by atoms with Crippen LogP contribution in [-0.4, -0.2) is 17.3 Å². The molecule has 0 bridgehead atoms. The number of carbonyl (C=O) groups is 1. The second-order valence-corrected chi connectivity index (χ2v) is 5.60.